The molecule has 1 aliphatic carbocycles. The van der Waals surface area contributed by atoms with Gasteiger partial charge < -0.3 is 10.2 Å². The normalized spacial score (nSPS) is 22.5. The number of amides is 2. The molecule has 0 spiro atoms. The molecule has 2 fully saturated rings. The number of likely N-dealkylation sites (tertiary alicyclic amines) is 1. The van der Waals surface area contributed by atoms with Crippen molar-refractivity contribution in [3.63, 3.8) is 0 Å². The fourth-order valence-electron chi connectivity index (χ4n) is 3.40. The number of rotatable bonds is 3. The number of hydrogen-bond donors (Lipinski definition) is 1. The van der Waals surface area contributed by atoms with E-state index in [1.807, 2.05) is 30.3 Å². The van der Waals surface area contributed by atoms with E-state index in [9.17, 15) is 9.59 Å². The molecule has 4 heteroatoms. The summed E-state index contributed by atoms with van der Waals surface area (Å²) in [4.78, 5) is 26.7. The average Bonchev–Trinajstić information content (AvgIpc) is 3.18. The highest BCUT2D eigenvalue weighted by molar-refractivity contribution is 5.97. The first-order chi connectivity index (χ1) is 10.3. The van der Waals surface area contributed by atoms with Gasteiger partial charge in [-0.3, -0.25) is 9.59 Å². The molecule has 0 bridgehead atoms. The smallest absolute Gasteiger partial charge is 0.254 e. The standard InChI is InChI=1S/C17H22N2O2/c20-16(18-14-9-4-5-10-14)15-11-6-12-19(15)17(21)13-7-2-1-3-8-13/h1-3,7-8,14-15H,4-6,9-12H2,(H,18,20). The molecule has 1 N–H and O–H groups in total. The van der Waals surface area contributed by atoms with Gasteiger partial charge in [-0.1, -0.05) is 31.0 Å². The zero-order valence-electron chi connectivity index (χ0n) is 12.3. The highest BCUT2D eigenvalue weighted by Crippen LogP contribution is 2.22. The summed E-state index contributed by atoms with van der Waals surface area (Å²) in [6, 6.07) is 9.25. The second-order valence-electron chi connectivity index (χ2n) is 6.01. The van der Waals surface area contributed by atoms with Crippen LogP contribution in [-0.2, 0) is 4.79 Å². The summed E-state index contributed by atoms with van der Waals surface area (Å²) >= 11 is 0. The monoisotopic (exact) mass is 286 g/mol. The van der Waals surface area contributed by atoms with Crippen molar-refractivity contribution in [3.8, 4) is 0 Å². The molecule has 1 saturated heterocycles. The summed E-state index contributed by atoms with van der Waals surface area (Å²) in [5.74, 6) is 0.00310. The van der Waals surface area contributed by atoms with Gasteiger partial charge >= 0.3 is 0 Å². The van der Waals surface area contributed by atoms with Crippen LogP contribution in [0.5, 0.6) is 0 Å². The Balaban J connectivity index is 1.67. The summed E-state index contributed by atoms with van der Waals surface area (Å²) in [5, 5.41) is 3.12. The van der Waals surface area contributed by atoms with Gasteiger partial charge in [-0.25, -0.2) is 0 Å². The van der Waals surface area contributed by atoms with Crippen molar-refractivity contribution < 1.29 is 9.59 Å². The lowest BCUT2D eigenvalue weighted by atomic mass is 10.1. The number of carbonyl (C=O) groups is 2. The number of benzene rings is 1. The predicted molar refractivity (Wildman–Crippen MR) is 80.9 cm³/mol. The Morgan fingerprint density at radius 1 is 1.00 bits per heavy atom. The molecule has 2 amide bonds. The average molecular weight is 286 g/mol. The van der Waals surface area contributed by atoms with Crippen molar-refractivity contribution in [1.82, 2.24) is 10.2 Å². The third kappa shape index (κ3) is 3.09. The van der Waals surface area contributed by atoms with E-state index >= 15 is 0 Å². The van der Waals surface area contributed by atoms with E-state index in [2.05, 4.69) is 5.32 Å². The second-order valence-corrected chi connectivity index (χ2v) is 6.01. The van der Waals surface area contributed by atoms with Gasteiger partial charge in [0.2, 0.25) is 5.91 Å². The summed E-state index contributed by atoms with van der Waals surface area (Å²) in [6.07, 6.45) is 6.22. The molecule has 1 unspecified atom stereocenters. The van der Waals surface area contributed by atoms with Crippen LogP contribution < -0.4 is 5.32 Å². The van der Waals surface area contributed by atoms with Gasteiger partial charge in [-0.05, 0) is 37.8 Å². The van der Waals surface area contributed by atoms with E-state index in [1.165, 1.54) is 12.8 Å². The first-order valence-electron chi connectivity index (χ1n) is 7.92. The van der Waals surface area contributed by atoms with E-state index < -0.39 is 0 Å². The first kappa shape index (κ1) is 14.1. The topological polar surface area (TPSA) is 49.4 Å². The Bertz CT molecular complexity index is 509. The van der Waals surface area contributed by atoms with Crippen LogP contribution in [-0.4, -0.2) is 35.3 Å². The molecule has 1 heterocycles. The van der Waals surface area contributed by atoms with Crippen LogP contribution in [0.1, 0.15) is 48.9 Å². The Kier molecular flexibility index (Phi) is 4.23. The number of hydrogen-bond acceptors (Lipinski definition) is 2. The SMILES string of the molecule is O=C(NC1CCCC1)C1CCCN1C(=O)c1ccccc1. The van der Waals surface area contributed by atoms with E-state index in [0.29, 0.717) is 18.2 Å². The maximum Gasteiger partial charge on any atom is 0.254 e. The summed E-state index contributed by atoms with van der Waals surface area (Å²) < 4.78 is 0. The molecule has 0 radical (unpaired) electrons. The third-order valence-corrected chi connectivity index (χ3v) is 4.54. The van der Waals surface area contributed by atoms with Crippen LogP contribution in [0.25, 0.3) is 0 Å². The van der Waals surface area contributed by atoms with Gasteiger partial charge in [0.05, 0.1) is 0 Å². The van der Waals surface area contributed by atoms with Crippen LogP contribution in [0.3, 0.4) is 0 Å². The molecular weight excluding hydrogens is 264 g/mol. The molecule has 2 aliphatic rings. The lowest BCUT2D eigenvalue weighted by molar-refractivity contribution is -0.125. The van der Waals surface area contributed by atoms with E-state index in [4.69, 9.17) is 0 Å². The molecule has 1 aromatic carbocycles. The fraction of sp³-hybridized carbons (Fsp3) is 0.529. The van der Waals surface area contributed by atoms with E-state index in [-0.39, 0.29) is 17.9 Å². The van der Waals surface area contributed by atoms with Crippen molar-refractivity contribution in [2.24, 2.45) is 0 Å². The Morgan fingerprint density at radius 3 is 2.43 bits per heavy atom. The van der Waals surface area contributed by atoms with Crippen molar-refractivity contribution in [2.75, 3.05) is 6.54 Å². The van der Waals surface area contributed by atoms with Gasteiger partial charge in [-0.15, -0.1) is 0 Å². The van der Waals surface area contributed by atoms with Gasteiger partial charge in [0.1, 0.15) is 6.04 Å². The van der Waals surface area contributed by atoms with Crippen LogP contribution in [0, 0.1) is 0 Å². The van der Waals surface area contributed by atoms with Crippen molar-refractivity contribution in [1.29, 1.82) is 0 Å². The van der Waals surface area contributed by atoms with Crippen LogP contribution in [0.2, 0.25) is 0 Å². The molecule has 1 atom stereocenters. The summed E-state index contributed by atoms with van der Waals surface area (Å²) in [7, 11) is 0. The molecule has 3 rings (SSSR count). The highest BCUT2D eigenvalue weighted by Gasteiger charge is 2.35. The highest BCUT2D eigenvalue weighted by atomic mass is 16.2. The second kappa shape index (κ2) is 6.29. The first-order valence-corrected chi connectivity index (χ1v) is 7.92. The number of nitrogens with one attached hydrogen (secondary N) is 1. The van der Waals surface area contributed by atoms with Gasteiger partial charge in [-0.2, -0.15) is 0 Å². The minimum Gasteiger partial charge on any atom is -0.352 e. The molecule has 1 aromatic rings. The quantitative estimate of drug-likeness (QED) is 0.927. The fourth-order valence-corrected chi connectivity index (χ4v) is 3.40. The minimum absolute atomic E-state index is 0.0281. The maximum atomic E-state index is 12.5. The Hall–Kier alpha value is -1.84. The van der Waals surface area contributed by atoms with Gasteiger partial charge in [0, 0.05) is 18.2 Å². The Morgan fingerprint density at radius 2 is 1.71 bits per heavy atom. The molecule has 1 saturated carbocycles. The van der Waals surface area contributed by atoms with Gasteiger partial charge in [0.25, 0.3) is 5.91 Å². The molecular formula is C17H22N2O2. The third-order valence-electron chi connectivity index (χ3n) is 4.54. The number of carbonyl (C=O) groups excluding carboxylic acids is 2. The zero-order chi connectivity index (χ0) is 14.7. The molecule has 4 nitrogen and oxygen atoms in total. The molecule has 1 aliphatic heterocycles. The van der Waals surface area contributed by atoms with Crippen molar-refractivity contribution in [2.45, 2.75) is 50.6 Å². The largest absolute Gasteiger partial charge is 0.352 e. The van der Waals surface area contributed by atoms with E-state index in [1.54, 1.807) is 4.90 Å². The molecule has 21 heavy (non-hydrogen) atoms. The molecule has 112 valence electrons. The lowest BCUT2D eigenvalue weighted by Crippen LogP contribution is -2.48. The van der Waals surface area contributed by atoms with Crippen LogP contribution in [0.4, 0.5) is 0 Å². The minimum atomic E-state index is -0.293. The predicted octanol–water partition coefficient (Wildman–Crippen LogP) is 2.35. The zero-order valence-corrected chi connectivity index (χ0v) is 12.3. The summed E-state index contributed by atoms with van der Waals surface area (Å²) in [6.45, 7) is 0.677. The Labute approximate surface area is 125 Å². The van der Waals surface area contributed by atoms with Crippen molar-refractivity contribution >= 4 is 11.8 Å². The number of nitrogens with zero attached hydrogens (tertiary/aromatic N) is 1. The lowest BCUT2D eigenvalue weighted by Gasteiger charge is -2.25. The van der Waals surface area contributed by atoms with E-state index in [0.717, 1.165) is 25.7 Å². The summed E-state index contributed by atoms with van der Waals surface area (Å²) in [5.41, 5.74) is 0.665. The maximum absolute atomic E-state index is 12.5. The van der Waals surface area contributed by atoms with Crippen molar-refractivity contribution in [3.05, 3.63) is 35.9 Å². The van der Waals surface area contributed by atoms with Gasteiger partial charge in [0.15, 0.2) is 0 Å². The molecule has 0 aromatic heterocycles. The van der Waals surface area contributed by atoms with Crippen LogP contribution in [0.15, 0.2) is 30.3 Å². The van der Waals surface area contributed by atoms with Crippen LogP contribution >= 0.6 is 0 Å².